The number of carbonyl (C=O) groups excluding carboxylic acids is 1. The number of para-hydroxylation sites is 2. The summed E-state index contributed by atoms with van der Waals surface area (Å²) in [7, 11) is 0. The molecule has 0 aliphatic rings. The molecule has 26 heavy (non-hydrogen) atoms. The number of hydrazone groups is 1. The number of phenols is 1. The first-order valence-electron chi connectivity index (χ1n) is 7.40. The number of nitrogens with zero attached hydrogens (tertiary/aromatic N) is 3. The Morgan fingerprint density at radius 3 is 2.96 bits per heavy atom. The molecule has 0 saturated carbocycles. The zero-order chi connectivity index (χ0) is 18.5. The van der Waals surface area contributed by atoms with Crippen molar-refractivity contribution in [1.29, 1.82) is 0 Å². The summed E-state index contributed by atoms with van der Waals surface area (Å²) in [5, 5.41) is 24.7. The van der Waals surface area contributed by atoms with E-state index in [0.29, 0.717) is 5.16 Å². The minimum atomic E-state index is -0.584. The molecule has 0 atom stereocenters. The quantitative estimate of drug-likeness (QED) is 0.264. The van der Waals surface area contributed by atoms with E-state index in [1.165, 1.54) is 23.9 Å². The Bertz CT molecular complexity index is 968. The van der Waals surface area contributed by atoms with Crippen LogP contribution in [0, 0.1) is 10.1 Å². The highest BCUT2D eigenvalue weighted by molar-refractivity contribution is 7.99. The van der Waals surface area contributed by atoms with Crippen molar-refractivity contribution in [2.24, 2.45) is 5.10 Å². The van der Waals surface area contributed by atoms with E-state index in [0.717, 1.165) is 23.3 Å². The topological polar surface area (TPSA) is 134 Å². The third kappa shape index (κ3) is 4.16. The minimum absolute atomic E-state index is 0.0814. The molecule has 3 N–H and O–H groups in total. The van der Waals surface area contributed by atoms with Crippen molar-refractivity contribution in [2.45, 2.75) is 5.16 Å². The fourth-order valence-electron chi connectivity index (χ4n) is 2.10. The average Bonchev–Trinajstić information content (AvgIpc) is 3.04. The molecular weight excluding hydrogens is 358 g/mol. The van der Waals surface area contributed by atoms with Gasteiger partial charge in [-0.25, -0.2) is 10.4 Å². The van der Waals surface area contributed by atoms with Gasteiger partial charge in [0.15, 0.2) is 5.16 Å². The van der Waals surface area contributed by atoms with Gasteiger partial charge in [-0.15, -0.1) is 0 Å². The molecule has 0 aliphatic heterocycles. The lowest BCUT2D eigenvalue weighted by Gasteiger charge is -2.00. The summed E-state index contributed by atoms with van der Waals surface area (Å²) < 4.78 is 0. The molecule has 0 saturated heterocycles. The highest BCUT2D eigenvalue weighted by Crippen LogP contribution is 2.21. The summed E-state index contributed by atoms with van der Waals surface area (Å²) in [6, 6.07) is 11.1. The van der Waals surface area contributed by atoms with Crippen LogP contribution in [0.5, 0.6) is 5.75 Å². The second-order valence-corrected chi connectivity index (χ2v) is 6.11. The van der Waals surface area contributed by atoms with Crippen LogP contribution in [0.25, 0.3) is 11.0 Å². The first-order valence-corrected chi connectivity index (χ1v) is 8.38. The van der Waals surface area contributed by atoms with Crippen LogP contribution in [0.2, 0.25) is 0 Å². The van der Waals surface area contributed by atoms with Crippen LogP contribution in [0.1, 0.15) is 5.56 Å². The van der Waals surface area contributed by atoms with Gasteiger partial charge in [-0.3, -0.25) is 14.9 Å². The maximum Gasteiger partial charge on any atom is 0.270 e. The van der Waals surface area contributed by atoms with Crippen molar-refractivity contribution in [3.8, 4) is 5.75 Å². The third-order valence-corrected chi connectivity index (χ3v) is 4.20. The Morgan fingerprint density at radius 1 is 1.38 bits per heavy atom. The van der Waals surface area contributed by atoms with E-state index in [4.69, 9.17) is 0 Å². The monoisotopic (exact) mass is 371 g/mol. The molecule has 1 heterocycles. The molecule has 2 aromatic carbocycles. The first-order chi connectivity index (χ1) is 12.5. The number of H-pyrrole nitrogens is 1. The molecule has 1 amide bonds. The molecule has 0 aliphatic carbocycles. The second-order valence-electron chi connectivity index (χ2n) is 5.14. The van der Waals surface area contributed by atoms with Crippen LogP contribution in [0.3, 0.4) is 0 Å². The number of thioether (sulfide) groups is 1. The summed E-state index contributed by atoms with van der Waals surface area (Å²) in [5.74, 6) is -0.472. The molecule has 0 radical (unpaired) electrons. The molecule has 0 unspecified atom stereocenters. The van der Waals surface area contributed by atoms with Crippen LogP contribution < -0.4 is 5.43 Å². The number of hydrogen-bond donors (Lipinski definition) is 3. The van der Waals surface area contributed by atoms with Gasteiger partial charge in [0.1, 0.15) is 5.75 Å². The number of nitro benzene ring substituents is 1. The number of carbonyl (C=O) groups is 1. The summed E-state index contributed by atoms with van der Waals surface area (Å²) in [4.78, 5) is 29.4. The van der Waals surface area contributed by atoms with Gasteiger partial charge in [-0.2, -0.15) is 5.10 Å². The molecule has 132 valence electrons. The van der Waals surface area contributed by atoms with Gasteiger partial charge in [-0.1, -0.05) is 23.9 Å². The molecule has 0 bridgehead atoms. The van der Waals surface area contributed by atoms with Crippen LogP contribution in [0.4, 0.5) is 5.69 Å². The summed E-state index contributed by atoms with van der Waals surface area (Å²) in [5.41, 5.74) is 3.94. The van der Waals surface area contributed by atoms with E-state index in [9.17, 15) is 20.0 Å². The first kappa shape index (κ1) is 17.4. The van der Waals surface area contributed by atoms with Gasteiger partial charge in [0.2, 0.25) is 0 Å². The normalized spacial score (nSPS) is 11.1. The smallest absolute Gasteiger partial charge is 0.270 e. The zero-order valence-electron chi connectivity index (χ0n) is 13.2. The Kier molecular flexibility index (Phi) is 5.13. The number of hydrogen-bond acceptors (Lipinski definition) is 7. The average molecular weight is 371 g/mol. The fourth-order valence-corrected chi connectivity index (χ4v) is 2.77. The van der Waals surface area contributed by atoms with Crippen molar-refractivity contribution in [3.05, 3.63) is 58.1 Å². The number of nitro groups is 1. The molecule has 9 nitrogen and oxygen atoms in total. The van der Waals surface area contributed by atoms with Gasteiger partial charge in [0.25, 0.3) is 11.6 Å². The van der Waals surface area contributed by atoms with Gasteiger partial charge >= 0.3 is 0 Å². The van der Waals surface area contributed by atoms with Crippen molar-refractivity contribution in [3.63, 3.8) is 0 Å². The zero-order valence-corrected chi connectivity index (χ0v) is 14.1. The Labute approximate surface area is 151 Å². The summed E-state index contributed by atoms with van der Waals surface area (Å²) in [6.07, 6.45) is 1.14. The van der Waals surface area contributed by atoms with Gasteiger partial charge in [0.05, 0.1) is 27.9 Å². The minimum Gasteiger partial charge on any atom is -0.507 e. The number of fused-ring (bicyclic) bond motifs is 1. The van der Waals surface area contributed by atoms with E-state index < -0.39 is 4.92 Å². The number of amides is 1. The van der Waals surface area contributed by atoms with E-state index in [1.807, 2.05) is 24.3 Å². The van der Waals surface area contributed by atoms with E-state index in [1.54, 1.807) is 0 Å². The van der Waals surface area contributed by atoms with E-state index >= 15 is 0 Å². The van der Waals surface area contributed by atoms with Crippen LogP contribution in [-0.2, 0) is 4.79 Å². The number of rotatable bonds is 6. The number of benzene rings is 2. The Morgan fingerprint density at radius 2 is 2.19 bits per heavy atom. The molecule has 0 spiro atoms. The van der Waals surface area contributed by atoms with Crippen LogP contribution >= 0.6 is 11.8 Å². The predicted octanol–water partition coefficient (Wildman–Crippen LogP) is 2.42. The van der Waals surface area contributed by atoms with Crippen molar-refractivity contribution >= 4 is 40.6 Å². The highest BCUT2D eigenvalue weighted by Gasteiger charge is 2.09. The number of non-ortho nitro benzene ring substituents is 1. The van der Waals surface area contributed by atoms with Crippen molar-refractivity contribution in [1.82, 2.24) is 15.4 Å². The van der Waals surface area contributed by atoms with Crippen molar-refractivity contribution < 1.29 is 14.8 Å². The predicted molar refractivity (Wildman–Crippen MR) is 97.3 cm³/mol. The standard InChI is InChI=1S/C16H13N5O4S/c22-14-6-5-11(21(24)25)7-10(14)8-17-20-15(23)9-26-16-18-12-3-1-2-4-13(12)19-16/h1-8,22H,9H2,(H,18,19)(H,20,23)/b17-8+. The Balaban J connectivity index is 1.56. The Hall–Kier alpha value is -3.40. The SMILES string of the molecule is O=C(CSc1nc2ccccc2[nH]1)N/N=C/c1cc([N+](=O)[O-])ccc1O. The van der Waals surface area contributed by atoms with Crippen molar-refractivity contribution in [2.75, 3.05) is 5.75 Å². The van der Waals surface area contributed by atoms with Crippen LogP contribution in [-0.4, -0.2) is 37.9 Å². The maximum absolute atomic E-state index is 11.8. The largest absolute Gasteiger partial charge is 0.507 e. The van der Waals surface area contributed by atoms with E-state index in [2.05, 4.69) is 20.5 Å². The maximum atomic E-state index is 11.8. The highest BCUT2D eigenvalue weighted by atomic mass is 32.2. The van der Waals surface area contributed by atoms with Gasteiger partial charge in [-0.05, 0) is 18.2 Å². The number of aromatic nitrogens is 2. The van der Waals surface area contributed by atoms with Gasteiger partial charge in [0, 0.05) is 17.7 Å². The second kappa shape index (κ2) is 7.66. The number of phenolic OH excluding ortho intramolecular Hbond substituents is 1. The number of aromatic amines is 1. The molecule has 0 fully saturated rings. The summed E-state index contributed by atoms with van der Waals surface area (Å²) in [6.45, 7) is 0. The molecular formula is C16H13N5O4S. The fraction of sp³-hybridized carbons (Fsp3) is 0.0625. The lowest BCUT2D eigenvalue weighted by Crippen LogP contribution is -2.19. The van der Waals surface area contributed by atoms with Gasteiger partial charge < -0.3 is 10.1 Å². The number of nitrogens with one attached hydrogen (secondary N) is 2. The lowest BCUT2D eigenvalue weighted by atomic mass is 10.2. The molecule has 1 aromatic heterocycles. The third-order valence-electron chi connectivity index (χ3n) is 3.32. The molecule has 3 aromatic rings. The molecule has 3 rings (SSSR count). The lowest BCUT2D eigenvalue weighted by molar-refractivity contribution is -0.384. The van der Waals surface area contributed by atoms with Crippen LogP contribution in [0.15, 0.2) is 52.7 Å². The summed E-state index contributed by atoms with van der Waals surface area (Å²) >= 11 is 1.22. The molecule has 10 heteroatoms. The number of aromatic hydroxyl groups is 1. The van der Waals surface area contributed by atoms with E-state index in [-0.39, 0.29) is 28.7 Å². The number of imidazole rings is 1.